The Kier molecular flexibility index (Phi) is 5.48. The molecule has 1 N–H and O–H groups in total. The van der Waals surface area contributed by atoms with Crippen molar-refractivity contribution in [3.63, 3.8) is 0 Å². The van der Waals surface area contributed by atoms with Gasteiger partial charge >= 0.3 is 12.2 Å². The highest BCUT2D eigenvalue weighted by Crippen LogP contribution is 2.22. The van der Waals surface area contributed by atoms with Crippen molar-refractivity contribution < 1.29 is 23.8 Å². The molecule has 0 fully saturated rings. The van der Waals surface area contributed by atoms with Crippen molar-refractivity contribution in [3.8, 4) is 0 Å². The summed E-state index contributed by atoms with van der Waals surface area (Å²) in [5.41, 5.74) is 0. The molecular weight excluding hydrogens is 238 g/mol. The number of carbonyl (C=O) groups is 2. The molecule has 0 heterocycles. The standard InChI is InChI=1S/C12H19NO5/c1-4-17-11(14)13-9-7-5-6-8(2)10(9)18-12(15)16-3/h5,7-10H,4,6H2,1-3H3,(H,13,14). The SMILES string of the molecule is CCOC(=O)NC1C=CCC(C)C1OC(=O)OC. The number of rotatable bonds is 3. The zero-order chi connectivity index (χ0) is 13.5. The maximum atomic E-state index is 11.4. The molecule has 3 atom stereocenters. The molecule has 0 radical (unpaired) electrons. The minimum atomic E-state index is -0.752. The van der Waals surface area contributed by atoms with Crippen LogP contribution in [0.15, 0.2) is 12.2 Å². The molecule has 0 aromatic carbocycles. The van der Waals surface area contributed by atoms with Crippen LogP contribution in [0.3, 0.4) is 0 Å². The molecule has 0 saturated heterocycles. The normalized spacial score (nSPS) is 26.3. The summed E-state index contributed by atoms with van der Waals surface area (Å²) in [6.07, 6.45) is 2.79. The third kappa shape index (κ3) is 3.94. The molecule has 18 heavy (non-hydrogen) atoms. The van der Waals surface area contributed by atoms with Gasteiger partial charge in [0.05, 0.1) is 19.8 Å². The number of ether oxygens (including phenoxy) is 3. The van der Waals surface area contributed by atoms with Crippen molar-refractivity contribution >= 4 is 12.2 Å². The van der Waals surface area contributed by atoms with E-state index in [2.05, 4.69) is 10.1 Å². The van der Waals surface area contributed by atoms with Crippen LogP contribution in [0.25, 0.3) is 0 Å². The minimum absolute atomic E-state index is 0.0982. The summed E-state index contributed by atoms with van der Waals surface area (Å²) in [5.74, 6) is 0.0982. The van der Waals surface area contributed by atoms with E-state index in [0.29, 0.717) is 6.61 Å². The van der Waals surface area contributed by atoms with Crippen LogP contribution in [-0.4, -0.2) is 38.1 Å². The average Bonchev–Trinajstić information content (AvgIpc) is 2.33. The van der Waals surface area contributed by atoms with Crippen LogP contribution in [0, 0.1) is 5.92 Å². The number of alkyl carbamates (subject to hydrolysis) is 1. The highest BCUT2D eigenvalue weighted by Gasteiger charge is 2.32. The second kappa shape index (κ2) is 6.88. The predicted molar refractivity (Wildman–Crippen MR) is 64.1 cm³/mol. The Balaban J connectivity index is 2.65. The second-order valence-corrected chi connectivity index (χ2v) is 4.07. The Morgan fingerprint density at radius 1 is 1.44 bits per heavy atom. The Hall–Kier alpha value is -1.72. The summed E-state index contributed by atoms with van der Waals surface area (Å²) in [4.78, 5) is 22.6. The molecule has 0 aromatic rings. The zero-order valence-corrected chi connectivity index (χ0v) is 10.8. The average molecular weight is 257 g/mol. The molecule has 0 bridgehead atoms. The molecule has 0 saturated carbocycles. The summed E-state index contributed by atoms with van der Waals surface area (Å²) in [7, 11) is 1.25. The summed E-state index contributed by atoms with van der Waals surface area (Å²) in [5, 5.41) is 2.65. The molecule has 1 rings (SSSR count). The monoisotopic (exact) mass is 257 g/mol. The first-order valence-corrected chi connectivity index (χ1v) is 5.93. The predicted octanol–water partition coefficient (Wildman–Crippen LogP) is 1.85. The summed E-state index contributed by atoms with van der Waals surface area (Å²) < 4.78 is 14.4. The molecule has 102 valence electrons. The molecule has 1 amide bonds. The number of amides is 1. The van der Waals surface area contributed by atoms with Crippen molar-refractivity contribution in [1.82, 2.24) is 5.32 Å². The Labute approximate surface area is 106 Å². The van der Waals surface area contributed by atoms with Gasteiger partial charge in [0.2, 0.25) is 0 Å². The van der Waals surface area contributed by atoms with Gasteiger partial charge in [-0.3, -0.25) is 0 Å². The fraction of sp³-hybridized carbons (Fsp3) is 0.667. The van der Waals surface area contributed by atoms with E-state index in [1.165, 1.54) is 7.11 Å². The van der Waals surface area contributed by atoms with E-state index in [0.717, 1.165) is 6.42 Å². The highest BCUT2D eigenvalue weighted by atomic mass is 16.7. The Bertz CT molecular complexity index is 328. The number of carbonyl (C=O) groups excluding carboxylic acids is 2. The van der Waals surface area contributed by atoms with Gasteiger partial charge in [-0.25, -0.2) is 9.59 Å². The van der Waals surface area contributed by atoms with Crippen LogP contribution in [0.4, 0.5) is 9.59 Å². The lowest BCUT2D eigenvalue weighted by Crippen LogP contribution is -2.48. The fourth-order valence-electron chi connectivity index (χ4n) is 1.83. The molecule has 0 aliphatic heterocycles. The third-order valence-corrected chi connectivity index (χ3v) is 2.72. The number of methoxy groups -OCH3 is 1. The summed E-state index contributed by atoms with van der Waals surface area (Å²) in [6, 6.07) is -0.396. The smallest absolute Gasteiger partial charge is 0.450 e. The van der Waals surface area contributed by atoms with Gasteiger partial charge in [0.25, 0.3) is 0 Å². The topological polar surface area (TPSA) is 73.9 Å². The van der Waals surface area contributed by atoms with Gasteiger partial charge < -0.3 is 19.5 Å². The molecule has 1 aliphatic rings. The molecule has 0 aromatic heterocycles. The van der Waals surface area contributed by atoms with E-state index in [9.17, 15) is 9.59 Å². The van der Waals surface area contributed by atoms with Gasteiger partial charge in [-0.05, 0) is 19.3 Å². The number of allylic oxidation sites excluding steroid dienone is 1. The van der Waals surface area contributed by atoms with E-state index in [4.69, 9.17) is 9.47 Å². The Morgan fingerprint density at radius 2 is 2.17 bits per heavy atom. The van der Waals surface area contributed by atoms with Gasteiger partial charge in [-0.1, -0.05) is 19.1 Å². The second-order valence-electron chi connectivity index (χ2n) is 4.07. The van der Waals surface area contributed by atoms with Crippen molar-refractivity contribution in [2.24, 2.45) is 5.92 Å². The van der Waals surface area contributed by atoms with Crippen LogP contribution in [0.5, 0.6) is 0 Å². The van der Waals surface area contributed by atoms with E-state index in [1.807, 2.05) is 13.0 Å². The first-order chi connectivity index (χ1) is 8.58. The van der Waals surface area contributed by atoms with Crippen molar-refractivity contribution in [2.75, 3.05) is 13.7 Å². The van der Waals surface area contributed by atoms with Crippen LogP contribution in [-0.2, 0) is 14.2 Å². The number of nitrogens with one attached hydrogen (secondary N) is 1. The highest BCUT2D eigenvalue weighted by molar-refractivity contribution is 5.68. The molecule has 6 nitrogen and oxygen atoms in total. The zero-order valence-electron chi connectivity index (χ0n) is 10.8. The third-order valence-electron chi connectivity index (χ3n) is 2.72. The maximum Gasteiger partial charge on any atom is 0.508 e. The molecule has 0 spiro atoms. The van der Waals surface area contributed by atoms with Crippen LogP contribution in [0.2, 0.25) is 0 Å². The first kappa shape index (κ1) is 14.3. The lowest BCUT2D eigenvalue weighted by molar-refractivity contribution is 0.00339. The van der Waals surface area contributed by atoms with Crippen molar-refractivity contribution in [2.45, 2.75) is 32.4 Å². The van der Waals surface area contributed by atoms with Gasteiger partial charge in [0, 0.05) is 0 Å². The largest absolute Gasteiger partial charge is 0.508 e. The van der Waals surface area contributed by atoms with Crippen LogP contribution >= 0.6 is 0 Å². The molecule has 1 aliphatic carbocycles. The molecule has 6 heteroatoms. The maximum absolute atomic E-state index is 11.4. The molecular formula is C12H19NO5. The van der Waals surface area contributed by atoms with Gasteiger partial charge in [-0.15, -0.1) is 0 Å². The summed E-state index contributed by atoms with van der Waals surface area (Å²) >= 11 is 0. The quantitative estimate of drug-likeness (QED) is 0.617. The van der Waals surface area contributed by atoms with E-state index in [-0.39, 0.29) is 5.92 Å². The van der Waals surface area contributed by atoms with E-state index in [1.54, 1.807) is 13.0 Å². The van der Waals surface area contributed by atoms with E-state index < -0.39 is 24.4 Å². The number of hydrogen-bond acceptors (Lipinski definition) is 5. The number of hydrogen-bond donors (Lipinski definition) is 1. The summed E-state index contributed by atoms with van der Waals surface area (Å²) in [6.45, 7) is 3.96. The lowest BCUT2D eigenvalue weighted by Gasteiger charge is -2.31. The van der Waals surface area contributed by atoms with Gasteiger partial charge in [-0.2, -0.15) is 0 Å². The minimum Gasteiger partial charge on any atom is -0.450 e. The van der Waals surface area contributed by atoms with Crippen LogP contribution in [0.1, 0.15) is 20.3 Å². The fourth-order valence-corrected chi connectivity index (χ4v) is 1.83. The van der Waals surface area contributed by atoms with E-state index >= 15 is 0 Å². The van der Waals surface area contributed by atoms with Gasteiger partial charge in [0.1, 0.15) is 6.10 Å². The van der Waals surface area contributed by atoms with Gasteiger partial charge in [0.15, 0.2) is 0 Å². The lowest BCUT2D eigenvalue weighted by atomic mass is 9.89. The Morgan fingerprint density at radius 3 is 2.78 bits per heavy atom. The van der Waals surface area contributed by atoms with Crippen molar-refractivity contribution in [1.29, 1.82) is 0 Å². The first-order valence-electron chi connectivity index (χ1n) is 5.93. The molecule has 3 unspecified atom stereocenters. The van der Waals surface area contributed by atoms with Crippen LogP contribution < -0.4 is 5.32 Å². The van der Waals surface area contributed by atoms with Crippen molar-refractivity contribution in [3.05, 3.63) is 12.2 Å².